The zero-order valence-corrected chi connectivity index (χ0v) is 14.2. The highest BCUT2D eigenvalue weighted by Gasteiger charge is 2.27. The van der Waals surface area contributed by atoms with Crippen LogP contribution < -0.4 is 5.73 Å². The second-order valence-corrected chi connectivity index (χ2v) is 7.11. The van der Waals surface area contributed by atoms with Crippen molar-refractivity contribution in [2.45, 2.75) is 31.2 Å². The maximum absolute atomic E-state index is 6.54. The Kier molecular flexibility index (Phi) is 4.24. The smallest absolute Gasteiger partial charge is 0.0485 e. The Morgan fingerprint density at radius 2 is 1.95 bits per heavy atom. The Labute approximate surface area is 136 Å². The van der Waals surface area contributed by atoms with Gasteiger partial charge in [0.1, 0.15) is 0 Å². The van der Waals surface area contributed by atoms with E-state index in [4.69, 9.17) is 5.73 Å². The van der Waals surface area contributed by atoms with Gasteiger partial charge in [0.2, 0.25) is 0 Å². The van der Waals surface area contributed by atoms with Crippen LogP contribution in [-0.4, -0.2) is 4.98 Å². The SMILES string of the molecule is NC(c1cc(Br)cc(Br)c1)C1CCCc2cccnc21. The molecule has 0 bridgehead atoms. The number of aryl methyl sites for hydroxylation is 1. The molecule has 20 heavy (non-hydrogen) atoms. The zero-order chi connectivity index (χ0) is 14.1. The van der Waals surface area contributed by atoms with Crippen molar-refractivity contribution in [2.75, 3.05) is 0 Å². The Bertz CT molecular complexity index is 607. The standard InChI is InChI=1S/C16H16Br2N2/c17-12-7-11(8-13(18)9-12)15(19)14-5-1-3-10-4-2-6-20-16(10)14/h2,4,6-9,14-15H,1,3,5,19H2. The highest BCUT2D eigenvalue weighted by atomic mass is 79.9. The highest BCUT2D eigenvalue weighted by molar-refractivity contribution is 9.11. The molecular formula is C16H16Br2N2. The summed E-state index contributed by atoms with van der Waals surface area (Å²) in [6, 6.07) is 10.4. The first-order valence-electron chi connectivity index (χ1n) is 6.80. The summed E-state index contributed by atoms with van der Waals surface area (Å²) in [7, 11) is 0. The predicted octanol–water partition coefficient (Wildman–Crippen LogP) is 4.73. The van der Waals surface area contributed by atoms with E-state index in [1.807, 2.05) is 18.3 Å². The minimum Gasteiger partial charge on any atom is -0.323 e. The van der Waals surface area contributed by atoms with Crippen molar-refractivity contribution in [3.05, 3.63) is 62.3 Å². The third kappa shape index (κ3) is 2.83. The van der Waals surface area contributed by atoms with Crippen molar-refractivity contribution in [3.8, 4) is 0 Å². The van der Waals surface area contributed by atoms with Crippen LogP contribution in [0, 0.1) is 0 Å². The van der Waals surface area contributed by atoms with E-state index in [-0.39, 0.29) is 6.04 Å². The number of fused-ring (bicyclic) bond motifs is 1. The van der Waals surface area contributed by atoms with Crippen LogP contribution in [0.25, 0.3) is 0 Å². The molecule has 2 N–H and O–H groups in total. The summed E-state index contributed by atoms with van der Waals surface area (Å²) in [6.45, 7) is 0. The Morgan fingerprint density at radius 3 is 2.70 bits per heavy atom. The molecule has 3 rings (SSSR count). The lowest BCUT2D eigenvalue weighted by molar-refractivity contribution is 0.462. The first kappa shape index (κ1) is 14.2. The minimum absolute atomic E-state index is 0.0160. The Balaban J connectivity index is 1.97. The van der Waals surface area contributed by atoms with E-state index in [1.165, 1.54) is 17.7 Å². The van der Waals surface area contributed by atoms with Gasteiger partial charge in [0.05, 0.1) is 0 Å². The molecule has 0 spiro atoms. The summed E-state index contributed by atoms with van der Waals surface area (Å²) in [6.07, 6.45) is 5.29. The van der Waals surface area contributed by atoms with Crippen LogP contribution in [0.2, 0.25) is 0 Å². The first-order chi connectivity index (χ1) is 9.65. The number of aromatic nitrogens is 1. The predicted molar refractivity (Wildman–Crippen MR) is 88.7 cm³/mol. The van der Waals surface area contributed by atoms with Gasteiger partial charge in [0, 0.05) is 32.8 Å². The highest BCUT2D eigenvalue weighted by Crippen LogP contribution is 2.39. The van der Waals surface area contributed by atoms with Crippen LogP contribution in [0.15, 0.2) is 45.5 Å². The van der Waals surface area contributed by atoms with Crippen LogP contribution in [0.4, 0.5) is 0 Å². The number of halogens is 2. The zero-order valence-electron chi connectivity index (χ0n) is 11.0. The topological polar surface area (TPSA) is 38.9 Å². The molecule has 1 aromatic heterocycles. The van der Waals surface area contributed by atoms with Gasteiger partial charge in [-0.05, 0) is 54.7 Å². The third-order valence-corrected chi connectivity index (χ3v) is 4.86. The molecule has 4 heteroatoms. The van der Waals surface area contributed by atoms with Crippen molar-refractivity contribution < 1.29 is 0 Å². The van der Waals surface area contributed by atoms with E-state index in [0.29, 0.717) is 5.92 Å². The van der Waals surface area contributed by atoms with Crippen LogP contribution in [0.5, 0.6) is 0 Å². The molecule has 1 aliphatic rings. The van der Waals surface area contributed by atoms with Gasteiger partial charge in [0.15, 0.2) is 0 Å². The maximum atomic E-state index is 6.54. The molecule has 2 nitrogen and oxygen atoms in total. The molecule has 104 valence electrons. The molecule has 1 aliphatic carbocycles. The quantitative estimate of drug-likeness (QED) is 0.798. The Morgan fingerprint density at radius 1 is 1.20 bits per heavy atom. The van der Waals surface area contributed by atoms with Gasteiger partial charge in [-0.1, -0.05) is 37.9 Å². The average molecular weight is 396 g/mol. The largest absolute Gasteiger partial charge is 0.323 e. The molecule has 2 unspecified atom stereocenters. The van der Waals surface area contributed by atoms with Gasteiger partial charge >= 0.3 is 0 Å². The van der Waals surface area contributed by atoms with E-state index >= 15 is 0 Å². The van der Waals surface area contributed by atoms with Crippen LogP contribution in [-0.2, 0) is 6.42 Å². The number of nitrogens with two attached hydrogens (primary N) is 1. The van der Waals surface area contributed by atoms with Gasteiger partial charge < -0.3 is 5.73 Å². The fourth-order valence-corrected chi connectivity index (χ4v) is 4.32. The monoisotopic (exact) mass is 394 g/mol. The third-order valence-electron chi connectivity index (χ3n) is 3.94. The molecule has 0 fully saturated rings. The summed E-state index contributed by atoms with van der Waals surface area (Å²) in [5.74, 6) is 0.307. The van der Waals surface area contributed by atoms with Crippen LogP contribution >= 0.6 is 31.9 Å². The van der Waals surface area contributed by atoms with Crippen LogP contribution in [0.1, 0.15) is 41.6 Å². The maximum Gasteiger partial charge on any atom is 0.0485 e. The normalized spacial score (nSPS) is 19.4. The lowest BCUT2D eigenvalue weighted by Gasteiger charge is -2.29. The molecule has 0 amide bonds. The number of hydrogen-bond acceptors (Lipinski definition) is 2. The lowest BCUT2D eigenvalue weighted by Crippen LogP contribution is -2.24. The summed E-state index contributed by atoms with van der Waals surface area (Å²) >= 11 is 7.07. The molecule has 0 aliphatic heterocycles. The molecule has 0 saturated heterocycles. The van der Waals surface area contributed by atoms with E-state index in [1.54, 1.807) is 0 Å². The van der Waals surface area contributed by atoms with Gasteiger partial charge in [-0.2, -0.15) is 0 Å². The van der Waals surface area contributed by atoms with Gasteiger partial charge in [-0.3, -0.25) is 4.98 Å². The van der Waals surface area contributed by atoms with Gasteiger partial charge in [0.25, 0.3) is 0 Å². The van der Waals surface area contributed by atoms with Gasteiger partial charge in [-0.25, -0.2) is 0 Å². The number of hydrogen-bond donors (Lipinski definition) is 1. The second kappa shape index (κ2) is 5.96. The molecule has 1 heterocycles. The molecule has 2 aromatic rings. The van der Waals surface area contributed by atoms with Crippen molar-refractivity contribution >= 4 is 31.9 Å². The van der Waals surface area contributed by atoms with Crippen LogP contribution in [0.3, 0.4) is 0 Å². The summed E-state index contributed by atoms with van der Waals surface area (Å²) in [5, 5.41) is 0. The number of rotatable bonds is 2. The lowest BCUT2D eigenvalue weighted by atomic mass is 9.80. The van der Waals surface area contributed by atoms with E-state index in [2.05, 4.69) is 55.0 Å². The average Bonchev–Trinajstić information content (AvgIpc) is 2.45. The number of nitrogens with zero attached hydrogens (tertiary/aromatic N) is 1. The number of benzene rings is 1. The molecule has 2 atom stereocenters. The van der Waals surface area contributed by atoms with Crippen molar-refractivity contribution in [2.24, 2.45) is 5.73 Å². The molecule has 0 saturated carbocycles. The molecule has 1 aromatic carbocycles. The Hall–Kier alpha value is -0.710. The minimum atomic E-state index is -0.0160. The fraction of sp³-hybridized carbons (Fsp3) is 0.312. The van der Waals surface area contributed by atoms with Crippen molar-refractivity contribution in [1.29, 1.82) is 0 Å². The number of pyridine rings is 1. The van der Waals surface area contributed by atoms with E-state index in [9.17, 15) is 0 Å². The fourth-order valence-electron chi connectivity index (χ4n) is 2.99. The summed E-state index contributed by atoms with van der Waals surface area (Å²) in [4.78, 5) is 4.59. The van der Waals surface area contributed by atoms with Crippen molar-refractivity contribution in [3.63, 3.8) is 0 Å². The van der Waals surface area contributed by atoms with E-state index in [0.717, 1.165) is 27.4 Å². The molecule has 0 radical (unpaired) electrons. The van der Waals surface area contributed by atoms with E-state index < -0.39 is 0 Å². The summed E-state index contributed by atoms with van der Waals surface area (Å²) in [5.41, 5.74) is 10.2. The molecular weight excluding hydrogens is 380 g/mol. The first-order valence-corrected chi connectivity index (χ1v) is 8.39. The summed E-state index contributed by atoms with van der Waals surface area (Å²) < 4.78 is 2.10. The van der Waals surface area contributed by atoms with Gasteiger partial charge in [-0.15, -0.1) is 0 Å². The van der Waals surface area contributed by atoms with Crippen molar-refractivity contribution in [1.82, 2.24) is 4.98 Å². The second-order valence-electron chi connectivity index (χ2n) is 5.28.